The summed E-state index contributed by atoms with van der Waals surface area (Å²) in [5.74, 6) is 0. The molecule has 0 bridgehead atoms. The van der Waals surface area contributed by atoms with Crippen LogP contribution in [0.1, 0.15) is 44.7 Å². The summed E-state index contributed by atoms with van der Waals surface area (Å²) < 4.78 is 0. The lowest BCUT2D eigenvalue weighted by Crippen LogP contribution is -2.39. The molecule has 0 spiro atoms. The lowest BCUT2D eigenvalue weighted by atomic mass is 10.1. The van der Waals surface area contributed by atoms with Crippen LogP contribution in [0.4, 0.5) is 0 Å². The van der Waals surface area contributed by atoms with E-state index in [1.807, 2.05) is 18.5 Å². The van der Waals surface area contributed by atoms with Crippen LogP contribution in [0.15, 0.2) is 24.5 Å². The quantitative estimate of drug-likeness (QED) is 0.837. The second kappa shape index (κ2) is 6.86. The van der Waals surface area contributed by atoms with E-state index in [0.29, 0.717) is 12.1 Å². The summed E-state index contributed by atoms with van der Waals surface area (Å²) in [5.41, 5.74) is 1.32. The van der Waals surface area contributed by atoms with Gasteiger partial charge in [0.1, 0.15) is 0 Å². The van der Waals surface area contributed by atoms with E-state index >= 15 is 0 Å². The van der Waals surface area contributed by atoms with Crippen LogP contribution < -0.4 is 5.32 Å². The number of hydrogen-bond donors (Lipinski definition) is 1. The number of aromatic nitrogens is 1. The molecule has 1 N–H and O–H groups in total. The maximum atomic E-state index is 4.24. The van der Waals surface area contributed by atoms with E-state index in [2.05, 4.69) is 35.1 Å². The summed E-state index contributed by atoms with van der Waals surface area (Å²) in [6, 6.07) is 5.35. The molecular weight excluding hydrogens is 222 g/mol. The molecule has 0 saturated carbocycles. The van der Waals surface area contributed by atoms with Crippen molar-refractivity contribution >= 4 is 0 Å². The Balaban J connectivity index is 1.99. The zero-order valence-electron chi connectivity index (χ0n) is 11.6. The lowest BCUT2D eigenvalue weighted by Gasteiger charge is -2.31. The monoisotopic (exact) mass is 247 g/mol. The molecule has 1 aliphatic heterocycles. The van der Waals surface area contributed by atoms with Crippen LogP contribution in [-0.4, -0.2) is 35.6 Å². The van der Waals surface area contributed by atoms with Gasteiger partial charge in [-0.3, -0.25) is 9.88 Å². The normalized spacial score (nSPS) is 21.4. The largest absolute Gasteiger partial charge is 0.313 e. The molecule has 18 heavy (non-hydrogen) atoms. The highest BCUT2D eigenvalue weighted by Gasteiger charge is 2.21. The fourth-order valence-electron chi connectivity index (χ4n) is 2.76. The van der Waals surface area contributed by atoms with Crippen molar-refractivity contribution < 1.29 is 0 Å². The first kappa shape index (κ1) is 13.5. The molecule has 2 unspecified atom stereocenters. The van der Waals surface area contributed by atoms with Gasteiger partial charge in [-0.25, -0.2) is 0 Å². The predicted octanol–water partition coefficient (Wildman–Crippen LogP) is 2.61. The van der Waals surface area contributed by atoms with Gasteiger partial charge in [0.15, 0.2) is 0 Å². The van der Waals surface area contributed by atoms with Gasteiger partial charge in [0, 0.05) is 31.0 Å². The first-order chi connectivity index (χ1) is 8.81. The topological polar surface area (TPSA) is 28.2 Å². The van der Waals surface area contributed by atoms with Crippen molar-refractivity contribution in [2.45, 2.75) is 45.2 Å². The Bertz CT molecular complexity index is 333. The van der Waals surface area contributed by atoms with Crippen LogP contribution in [0.3, 0.4) is 0 Å². The third-order valence-electron chi connectivity index (χ3n) is 3.84. The SMILES string of the molecule is CCCN(CC1CCCN1)C(C)c1cccnc1. The molecule has 100 valence electrons. The summed E-state index contributed by atoms with van der Waals surface area (Å²) >= 11 is 0. The van der Waals surface area contributed by atoms with Crippen molar-refractivity contribution in [3.05, 3.63) is 30.1 Å². The minimum atomic E-state index is 0.459. The average Bonchev–Trinajstić information content (AvgIpc) is 2.91. The fourth-order valence-corrected chi connectivity index (χ4v) is 2.76. The summed E-state index contributed by atoms with van der Waals surface area (Å²) in [4.78, 5) is 6.82. The molecule has 0 aliphatic carbocycles. The summed E-state index contributed by atoms with van der Waals surface area (Å²) in [6.45, 7) is 8.05. The standard InChI is InChI=1S/C15H25N3/c1-3-10-18(12-15-7-5-9-17-15)13(2)14-6-4-8-16-11-14/h4,6,8,11,13,15,17H,3,5,7,9-10,12H2,1-2H3. The molecule has 1 fully saturated rings. The number of nitrogens with zero attached hydrogens (tertiary/aromatic N) is 2. The molecule has 1 aliphatic rings. The van der Waals surface area contributed by atoms with E-state index in [-0.39, 0.29) is 0 Å². The summed E-state index contributed by atoms with van der Waals surface area (Å²) in [7, 11) is 0. The predicted molar refractivity (Wildman–Crippen MR) is 75.5 cm³/mol. The Labute approximate surface area is 111 Å². The molecule has 0 aromatic carbocycles. The smallest absolute Gasteiger partial charge is 0.0335 e. The van der Waals surface area contributed by atoms with Crippen molar-refractivity contribution in [2.75, 3.05) is 19.6 Å². The van der Waals surface area contributed by atoms with Crippen molar-refractivity contribution in [1.82, 2.24) is 15.2 Å². The van der Waals surface area contributed by atoms with Crippen LogP contribution >= 0.6 is 0 Å². The molecule has 0 radical (unpaired) electrons. The van der Waals surface area contributed by atoms with Gasteiger partial charge in [-0.2, -0.15) is 0 Å². The first-order valence-electron chi connectivity index (χ1n) is 7.18. The molecule has 1 saturated heterocycles. The van der Waals surface area contributed by atoms with Crippen molar-refractivity contribution in [3.8, 4) is 0 Å². The number of hydrogen-bond acceptors (Lipinski definition) is 3. The van der Waals surface area contributed by atoms with Gasteiger partial charge in [-0.15, -0.1) is 0 Å². The van der Waals surface area contributed by atoms with Gasteiger partial charge >= 0.3 is 0 Å². The summed E-state index contributed by atoms with van der Waals surface area (Å²) in [5, 5.41) is 3.59. The fraction of sp³-hybridized carbons (Fsp3) is 0.667. The molecule has 2 rings (SSSR count). The van der Waals surface area contributed by atoms with E-state index in [1.54, 1.807) is 0 Å². The molecule has 1 aromatic heterocycles. The molecule has 2 atom stereocenters. The highest BCUT2D eigenvalue weighted by molar-refractivity contribution is 5.13. The van der Waals surface area contributed by atoms with Crippen molar-refractivity contribution in [1.29, 1.82) is 0 Å². The van der Waals surface area contributed by atoms with E-state index in [1.165, 1.54) is 31.4 Å². The maximum Gasteiger partial charge on any atom is 0.0335 e. The second-order valence-corrected chi connectivity index (χ2v) is 5.25. The maximum absolute atomic E-state index is 4.24. The zero-order valence-corrected chi connectivity index (χ0v) is 11.6. The van der Waals surface area contributed by atoms with Gasteiger partial charge in [0.05, 0.1) is 0 Å². The molecular formula is C15H25N3. The minimum absolute atomic E-state index is 0.459. The molecule has 3 nitrogen and oxygen atoms in total. The van der Waals surface area contributed by atoms with Gasteiger partial charge < -0.3 is 5.32 Å². The first-order valence-corrected chi connectivity index (χ1v) is 7.18. The molecule has 1 aromatic rings. The van der Waals surface area contributed by atoms with Gasteiger partial charge in [-0.1, -0.05) is 13.0 Å². The highest BCUT2D eigenvalue weighted by atomic mass is 15.2. The number of nitrogens with one attached hydrogen (secondary N) is 1. The van der Waals surface area contributed by atoms with Gasteiger partial charge in [0.25, 0.3) is 0 Å². The molecule has 3 heteroatoms. The Hall–Kier alpha value is -0.930. The Morgan fingerprint density at radius 2 is 2.44 bits per heavy atom. The van der Waals surface area contributed by atoms with Gasteiger partial charge in [0.2, 0.25) is 0 Å². The Morgan fingerprint density at radius 1 is 1.56 bits per heavy atom. The van der Waals surface area contributed by atoms with Crippen LogP contribution in [0.25, 0.3) is 0 Å². The highest BCUT2D eigenvalue weighted by Crippen LogP contribution is 2.21. The van der Waals surface area contributed by atoms with E-state index in [4.69, 9.17) is 0 Å². The summed E-state index contributed by atoms with van der Waals surface area (Å²) in [6.07, 6.45) is 7.69. The zero-order chi connectivity index (χ0) is 12.8. The van der Waals surface area contributed by atoms with E-state index in [0.717, 1.165) is 13.1 Å². The van der Waals surface area contributed by atoms with Crippen LogP contribution in [0, 0.1) is 0 Å². The number of pyridine rings is 1. The van der Waals surface area contributed by atoms with Crippen molar-refractivity contribution in [3.63, 3.8) is 0 Å². The lowest BCUT2D eigenvalue weighted by molar-refractivity contribution is 0.192. The van der Waals surface area contributed by atoms with Gasteiger partial charge in [-0.05, 0) is 50.9 Å². The van der Waals surface area contributed by atoms with Crippen LogP contribution in [0.2, 0.25) is 0 Å². The van der Waals surface area contributed by atoms with Crippen LogP contribution in [-0.2, 0) is 0 Å². The Kier molecular flexibility index (Phi) is 5.14. The van der Waals surface area contributed by atoms with Crippen LogP contribution in [0.5, 0.6) is 0 Å². The molecule has 0 amide bonds. The Morgan fingerprint density at radius 3 is 3.06 bits per heavy atom. The van der Waals surface area contributed by atoms with E-state index in [9.17, 15) is 0 Å². The average molecular weight is 247 g/mol. The molecule has 2 heterocycles. The number of rotatable bonds is 6. The second-order valence-electron chi connectivity index (χ2n) is 5.25. The minimum Gasteiger partial charge on any atom is -0.313 e. The third-order valence-corrected chi connectivity index (χ3v) is 3.84. The van der Waals surface area contributed by atoms with E-state index < -0.39 is 0 Å². The van der Waals surface area contributed by atoms with Crippen molar-refractivity contribution in [2.24, 2.45) is 0 Å². The third kappa shape index (κ3) is 3.53.